The van der Waals surface area contributed by atoms with Crippen LogP contribution in [-0.2, 0) is 6.54 Å². The van der Waals surface area contributed by atoms with Gasteiger partial charge in [0, 0.05) is 39.0 Å². The Labute approximate surface area is 123 Å². The summed E-state index contributed by atoms with van der Waals surface area (Å²) in [4.78, 5) is 6.79. The number of aliphatic hydroxyl groups is 1. The van der Waals surface area contributed by atoms with Gasteiger partial charge in [0.2, 0.25) is 0 Å². The summed E-state index contributed by atoms with van der Waals surface area (Å²) >= 11 is 0. The van der Waals surface area contributed by atoms with Gasteiger partial charge >= 0.3 is 0 Å². The van der Waals surface area contributed by atoms with E-state index < -0.39 is 0 Å². The lowest BCUT2D eigenvalue weighted by atomic mass is 10.2. The lowest BCUT2D eigenvalue weighted by Crippen LogP contribution is -2.23. The van der Waals surface area contributed by atoms with Crippen LogP contribution < -0.4 is 10.2 Å². The first kappa shape index (κ1) is 16.9. The fourth-order valence-corrected chi connectivity index (χ4v) is 2.19. The normalized spacial score (nSPS) is 11.1. The third kappa shape index (κ3) is 5.88. The number of unbranched alkanes of at least 4 members (excludes halogenated alkanes) is 2. The summed E-state index contributed by atoms with van der Waals surface area (Å²) in [6.45, 7) is 8.55. The lowest BCUT2D eigenvalue weighted by molar-refractivity contribution is 0.283. The number of aromatic nitrogens is 1. The summed E-state index contributed by atoms with van der Waals surface area (Å²) in [6, 6.07) is 2.70. The van der Waals surface area contributed by atoms with E-state index >= 15 is 0 Å². The number of hydrogen-bond acceptors (Lipinski definition) is 4. The molecule has 0 aliphatic carbocycles. The quantitative estimate of drug-likeness (QED) is 0.682. The SMILES string of the molecule is Cc1cc(CNC(C)C)cnc1N(C)CCCCCO. The number of pyridine rings is 1. The van der Waals surface area contributed by atoms with Gasteiger partial charge in [-0.15, -0.1) is 0 Å². The summed E-state index contributed by atoms with van der Waals surface area (Å²) in [5, 5.41) is 12.2. The van der Waals surface area contributed by atoms with Gasteiger partial charge in [0.1, 0.15) is 5.82 Å². The van der Waals surface area contributed by atoms with Gasteiger partial charge in [0.25, 0.3) is 0 Å². The molecule has 1 heterocycles. The van der Waals surface area contributed by atoms with Gasteiger partial charge < -0.3 is 15.3 Å². The Kier molecular flexibility index (Phi) is 7.55. The largest absolute Gasteiger partial charge is 0.396 e. The molecule has 0 saturated heterocycles. The zero-order chi connectivity index (χ0) is 15.0. The predicted molar refractivity (Wildman–Crippen MR) is 85.2 cm³/mol. The summed E-state index contributed by atoms with van der Waals surface area (Å²) in [6.07, 6.45) is 5.01. The molecule has 0 aromatic carbocycles. The predicted octanol–water partition coefficient (Wildman–Crippen LogP) is 2.49. The molecule has 4 nitrogen and oxygen atoms in total. The van der Waals surface area contributed by atoms with E-state index in [0.29, 0.717) is 12.6 Å². The smallest absolute Gasteiger partial charge is 0.131 e. The van der Waals surface area contributed by atoms with Crippen molar-refractivity contribution in [2.75, 3.05) is 25.1 Å². The number of nitrogens with one attached hydrogen (secondary N) is 1. The molecule has 0 spiro atoms. The molecule has 0 aliphatic heterocycles. The summed E-state index contributed by atoms with van der Waals surface area (Å²) in [7, 11) is 2.08. The van der Waals surface area contributed by atoms with Gasteiger partial charge in [-0.3, -0.25) is 0 Å². The Hall–Kier alpha value is -1.13. The Bertz CT molecular complexity index is 393. The number of nitrogens with zero attached hydrogens (tertiary/aromatic N) is 2. The summed E-state index contributed by atoms with van der Waals surface area (Å²) in [5.41, 5.74) is 2.45. The molecule has 1 aromatic heterocycles. The third-order valence-corrected chi connectivity index (χ3v) is 3.33. The van der Waals surface area contributed by atoms with Crippen molar-refractivity contribution in [3.8, 4) is 0 Å². The molecular formula is C16H29N3O. The molecule has 1 rings (SSSR count). The van der Waals surface area contributed by atoms with E-state index in [1.807, 2.05) is 6.20 Å². The molecule has 114 valence electrons. The third-order valence-electron chi connectivity index (χ3n) is 3.33. The molecule has 0 radical (unpaired) electrons. The second kappa shape index (κ2) is 8.93. The van der Waals surface area contributed by atoms with Gasteiger partial charge in [-0.2, -0.15) is 0 Å². The molecule has 0 fully saturated rings. The van der Waals surface area contributed by atoms with E-state index in [0.717, 1.165) is 38.2 Å². The molecular weight excluding hydrogens is 250 g/mol. The van der Waals surface area contributed by atoms with Crippen LogP contribution in [0.5, 0.6) is 0 Å². The van der Waals surface area contributed by atoms with Crippen LogP contribution >= 0.6 is 0 Å². The van der Waals surface area contributed by atoms with Crippen molar-refractivity contribution in [1.82, 2.24) is 10.3 Å². The highest BCUT2D eigenvalue weighted by atomic mass is 16.2. The van der Waals surface area contributed by atoms with E-state index in [1.165, 1.54) is 11.1 Å². The Morgan fingerprint density at radius 3 is 2.65 bits per heavy atom. The van der Waals surface area contributed by atoms with Crippen LogP contribution in [0.25, 0.3) is 0 Å². The monoisotopic (exact) mass is 279 g/mol. The highest BCUT2D eigenvalue weighted by molar-refractivity contribution is 5.46. The van der Waals surface area contributed by atoms with Crippen molar-refractivity contribution >= 4 is 5.82 Å². The second-order valence-corrected chi connectivity index (χ2v) is 5.73. The maximum absolute atomic E-state index is 8.78. The van der Waals surface area contributed by atoms with Crippen molar-refractivity contribution in [3.05, 3.63) is 23.4 Å². The van der Waals surface area contributed by atoms with Gasteiger partial charge in [0.05, 0.1) is 0 Å². The number of anilines is 1. The minimum absolute atomic E-state index is 0.290. The fourth-order valence-electron chi connectivity index (χ4n) is 2.19. The van der Waals surface area contributed by atoms with Gasteiger partial charge in [-0.1, -0.05) is 13.8 Å². The molecule has 0 unspecified atom stereocenters. The van der Waals surface area contributed by atoms with E-state index in [9.17, 15) is 0 Å². The van der Waals surface area contributed by atoms with Crippen molar-refractivity contribution in [2.45, 2.75) is 52.6 Å². The van der Waals surface area contributed by atoms with E-state index in [1.54, 1.807) is 0 Å². The molecule has 1 aromatic rings. The molecule has 0 amide bonds. The zero-order valence-electron chi connectivity index (χ0n) is 13.3. The number of aliphatic hydroxyl groups excluding tert-OH is 1. The van der Waals surface area contributed by atoms with Crippen LogP contribution in [-0.4, -0.2) is 36.3 Å². The molecule has 0 bridgehead atoms. The molecule has 0 saturated carbocycles. The Balaban J connectivity index is 2.53. The van der Waals surface area contributed by atoms with Gasteiger partial charge in [-0.05, 0) is 43.4 Å². The van der Waals surface area contributed by atoms with E-state index in [4.69, 9.17) is 5.11 Å². The molecule has 20 heavy (non-hydrogen) atoms. The lowest BCUT2D eigenvalue weighted by Gasteiger charge is -2.20. The van der Waals surface area contributed by atoms with Crippen LogP contribution in [0.2, 0.25) is 0 Å². The molecule has 0 aliphatic rings. The van der Waals surface area contributed by atoms with Crippen LogP contribution in [0.15, 0.2) is 12.3 Å². The van der Waals surface area contributed by atoms with Crippen LogP contribution in [0.4, 0.5) is 5.82 Å². The number of hydrogen-bond donors (Lipinski definition) is 2. The highest BCUT2D eigenvalue weighted by Gasteiger charge is 2.07. The topological polar surface area (TPSA) is 48.4 Å². The van der Waals surface area contributed by atoms with Crippen molar-refractivity contribution in [1.29, 1.82) is 0 Å². The molecule has 0 atom stereocenters. The standard InChI is InChI=1S/C16H29N3O/c1-13(2)17-11-15-10-14(3)16(18-12-15)19(4)8-6-5-7-9-20/h10,12-13,17,20H,5-9,11H2,1-4H3. The van der Waals surface area contributed by atoms with Gasteiger partial charge in [-0.25, -0.2) is 4.98 Å². The van der Waals surface area contributed by atoms with Gasteiger partial charge in [0.15, 0.2) is 0 Å². The summed E-state index contributed by atoms with van der Waals surface area (Å²) in [5.74, 6) is 1.06. The minimum Gasteiger partial charge on any atom is -0.396 e. The van der Waals surface area contributed by atoms with Crippen LogP contribution in [0, 0.1) is 6.92 Å². The maximum Gasteiger partial charge on any atom is 0.131 e. The number of rotatable bonds is 9. The zero-order valence-corrected chi connectivity index (χ0v) is 13.3. The number of aryl methyl sites for hydroxylation is 1. The fraction of sp³-hybridized carbons (Fsp3) is 0.688. The van der Waals surface area contributed by atoms with Crippen molar-refractivity contribution in [2.24, 2.45) is 0 Å². The van der Waals surface area contributed by atoms with E-state index in [-0.39, 0.29) is 0 Å². The maximum atomic E-state index is 8.78. The van der Waals surface area contributed by atoms with Crippen LogP contribution in [0.1, 0.15) is 44.2 Å². The first-order valence-electron chi connectivity index (χ1n) is 7.55. The average Bonchev–Trinajstić information content (AvgIpc) is 2.41. The average molecular weight is 279 g/mol. The first-order valence-corrected chi connectivity index (χ1v) is 7.55. The van der Waals surface area contributed by atoms with Crippen molar-refractivity contribution < 1.29 is 5.11 Å². The van der Waals surface area contributed by atoms with E-state index in [2.05, 4.69) is 49.1 Å². The molecule has 4 heteroatoms. The highest BCUT2D eigenvalue weighted by Crippen LogP contribution is 2.17. The van der Waals surface area contributed by atoms with Crippen molar-refractivity contribution in [3.63, 3.8) is 0 Å². The Morgan fingerprint density at radius 1 is 1.30 bits per heavy atom. The summed E-state index contributed by atoms with van der Waals surface area (Å²) < 4.78 is 0. The Morgan fingerprint density at radius 2 is 2.05 bits per heavy atom. The first-order chi connectivity index (χ1) is 9.54. The van der Waals surface area contributed by atoms with Crippen LogP contribution in [0.3, 0.4) is 0 Å². The molecule has 2 N–H and O–H groups in total. The second-order valence-electron chi connectivity index (χ2n) is 5.73. The minimum atomic E-state index is 0.290.